The Morgan fingerprint density at radius 2 is 2.20 bits per heavy atom. The molecule has 0 aliphatic heterocycles. The highest BCUT2D eigenvalue weighted by Gasteiger charge is 1.96. The molecule has 0 aliphatic carbocycles. The van der Waals surface area contributed by atoms with Crippen LogP contribution in [-0.2, 0) is 0 Å². The fraction of sp³-hybridized carbons (Fsp3) is 0.375. The van der Waals surface area contributed by atoms with E-state index in [1.807, 2.05) is 32.2 Å². The second-order valence-corrected chi connectivity index (χ2v) is 2.52. The summed E-state index contributed by atoms with van der Waals surface area (Å²) in [6, 6.07) is 4.07. The topological polar surface area (TPSA) is 38.9 Å². The normalized spacial score (nSPS) is 13.1. The number of aromatic nitrogens is 1. The third-order valence-corrected chi connectivity index (χ3v) is 1.46. The van der Waals surface area contributed by atoms with Crippen molar-refractivity contribution < 1.29 is 0 Å². The van der Waals surface area contributed by atoms with E-state index in [1.54, 1.807) is 0 Å². The summed E-state index contributed by atoms with van der Waals surface area (Å²) in [6.07, 6.45) is 1.82. The summed E-state index contributed by atoms with van der Waals surface area (Å²) in [7, 11) is 0. The highest BCUT2D eigenvalue weighted by molar-refractivity contribution is 5.15. The van der Waals surface area contributed by atoms with Gasteiger partial charge in [-0.2, -0.15) is 0 Å². The van der Waals surface area contributed by atoms with Gasteiger partial charge in [-0.3, -0.25) is 4.98 Å². The monoisotopic (exact) mass is 136 g/mol. The smallest absolute Gasteiger partial charge is 0.0372 e. The van der Waals surface area contributed by atoms with E-state index < -0.39 is 0 Å². The summed E-state index contributed by atoms with van der Waals surface area (Å²) in [6.45, 7) is 3.91. The summed E-state index contributed by atoms with van der Waals surface area (Å²) in [4.78, 5) is 4.12. The van der Waals surface area contributed by atoms with Crippen LogP contribution in [-0.4, -0.2) is 4.98 Å². The molecule has 1 rings (SSSR count). The molecule has 0 aliphatic rings. The van der Waals surface area contributed by atoms with Gasteiger partial charge in [-0.15, -0.1) is 0 Å². The molecule has 1 heterocycles. The molecule has 0 fully saturated rings. The van der Waals surface area contributed by atoms with Gasteiger partial charge in [0.05, 0.1) is 0 Å². The van der Waals surface area contributed by atoms with E-state index in [4.69, 9.17) is 5.73 Å². The Morgan fingerprint density at radius 1 is 1.50 bits per heavy atom. The first-order chi connectivity index (χ1) is 4.70. The zero-order valence-electron chi connectivity index (χ0n) is 6.33. The molecule has 54 valence electrons. The quantitative estimate of drug-likeness (QED) is 0.634. The predicted molar refractivity (Wildman–Crippen MR) is 41.6 cm³/mol. The molecule has 2 nitrogen and oxygen atoms in total. The first-order valence-corrected chi connectivity index (χ1v) is 3.38. The molecule has 1 aromatic heterocycles. The van der Waals surface area contributed by atoms with E-state index in [2.05, 4.69) is 4.98 Å². The minimum atomic E-state index is 0.0908. The Morgan fingerprint density at radius 3 is 2.60 bits per heavy atom. The van der Waals surface area contributed by atoms with E-state index in [0.29, 0.717) is 0 Å². The van der Waals surface area contributed by atoms with Crippen LogP contribution in [0.4, 0.5) is 0 Å². The maximum absolute atomic E-state index is 5.62. The number of hydrogen-bond acceptors (Lipinski definition) is 2. The summed E-state index contributed by atoms with van der Waals surface area (Å²) in [5.74, 6) is 0. The Hall–Kier alpha value is -0.890. The first kappa shape index (κ1) is 7.22. The minimum absolute atomic E-state index is 0.0908. The number of aryl methyl sites for hydroxylation is 1. The molecule has 0 radical (unpaired) electrons. The molecule has 0 bridgehead atoms. The van der Waals surface area contributed by atoms with Gasteiger partial charge in [-0.1, -0.05) is 6.07 Å². The van der Waals surface area contributed by atoms with Crippen molar-refractivity contribution in [2.24, 2.45) is 5.73 Å². The van der Waals surface area contributed by atoms with Crippen LogP contribution in [0, 0.1) is 6.92 Å². The summed E-state index contributed by atoms with van der Waals surface area (Å²) < 4.78 is 0. The second-order valence-electron chi connectivity index (χ2n) is 2.52. The minimum Gasteiger partial charge on any atom is -0.324 e. The fourth-order valence-corrected chi connectivity index (χ4v) is 0.749. The lowest BCUT2D eigenvalue weighted by Gasteiger charge is -2.03. The maximum Gasteiger partial charge on any atom is 0.0372 e. The van der Waals surface area contributed by atoms with Gasteiger partial charge in [0.15, 0.2) is 0 Å². The van der Waals surface area contributed by atoms with Gasteiger partial charge in [0.1, 0.15) is 0 Å². The van der Waals surface area contributed by atoms with E-state index in [0.717, 1.165) is 11.3 Å². The van der Waals surface area contributed by atoms with E-state index in [9.17, 15) is 0 Å². The van der Waals surface area contributed by atoms with Gasteiger partial charge in [0.2, 0.25) is 0 Å². The zero-order valence-corrected chi connectivity index (χ0v) is 6.33. The van der Waals surface area contributed by atoms with Crippen LogP contribution in [0.1, 0.15) is 24.2 Å². The van der Waals surface area contributed by atoms with Crippen molar-refractivity contribution in [2.75, 3.05) is 0 Å². The van der Waals surface area contributed by atoms with Crippen molar-refractivity contribution in [3.8, 4) is 0 Å². The Balaban J connectivity index is 2.89. The van der Waals surface area contributed by atoms with Crippen LogP contribution in [0.15, 0.2) is 18.3 Å². The molecule has 0 amide bonds. The average molecular weight is 136 g/mol. The molecular formula is C8H12N2. The lowest BCUT2D eigenvalue weighted by molar-refractivity contribution is 0.810. The molecule has 0 saturated carbocycles. The SMILES string of the molecule is Cc1ccc(C(C)N)cn1. The van der Waals surface area contributed by atoms with Crippen LogP contribution in [0.5, 0.6) is 0 Å². The van der Waals surface area contributed by atoms with Crippen molar-refractivity contribution in [1.82, 2.24) is 4.98 Å². The van der Waals surface area contributed by atoms with Crippen LogP contribution >= 0.6 is 0 Å². The second kappa shape index (κ2) is 2.80. The molecular weight excluding hydrogens is 124 g/mol. The van der Waals surface area contributed by atoms with Crippen molar-refractivity contribution >= 4 is 0 Å². The van der Waals surface area contributed by atoms with Crippen molar-refractivity contribution in [2.45, 2.75) is 19.9 Å². The van der Waals surface area contributed by atoms with Gasteiger partial charge in [-0.25, -0.2) is 0 Å². The highest BCUT2D eigenvalue weighted by Crippen LogP contribution is 2.06. The van der Waals surface area contributed by atoms with Crippen LogP contribution in [0.3, 0.4) is 0 Å². The number of hydrogen-bond donors (Lipinski definition) is 1. The summed E-state index contributed by atoms with van der Waals surface area (Å²) >= 11 is 0. The lowest BCUT2D eigenvalue weighted by Crippen LogP contribution is -2.04. The third-order valence-electron chi connectivity index (χ3n) is 1.46. The molecule has 1 aromatic rings. The van der Waals surface area contributed by atoms with Gasteiger partial charge in [0.25, 0.3) is 0 Å². The van der Waals surface area contributed by atoms with Crippen LogP contribution in [0.2, 0.25) is 0 Å². The lowest BCUT2D eigenvalue weighted by atomic mass is 10.1. The molecule has 2 heteroatoms. The largest absolute Gasteiger partial charge is 0.324 e. The third kappa shape index (κ3) is 1.54. The molecule has 0 aromatic carbocycles. The van der Waals surface area contributed by atoms with Crippen molar-refractivity contribution in [3.63, 3.8) is 0 Å². The van der Waals surface area contributed by atoms with Gasteiger partial charge in [0, 0.05) is 17.9 Å². The van der Waals surface area contributed by atoms with Crippen molar-refractivity contribution in [3.05, 3.63) is 29.6 Å². The Bertz CT molecular complexity index is 201. The van der Waals surface area contributed by atoms with Crippen molar-refractivity contribution in [1.29, 1.82) is 0 Å². The Labute approximate surface area is 61.1 Å². The average Bonchev–Trinajstić information content (AvgIpc) is 1.88. The number of nitrogens with zero attached hydrogens (tertiary/aromatic N) is 1. The van der Waals surface area contributed by atoms with Crippen LogP contribution in [0.25, 0.3) is 0 Å². The molecule has 1 unspecified atom stereocenters. The predicted octanol–water partition coefficient (Wildman–Crippen LogP) is 1.41. The maximum atomic E-state index is 5.62. The van der Waals surface area contributed by atoms with Crippen LogP contribution < -0.4 is 5.73 Å². The van der Waals surface area contributed by atoms with Gasteiger partial charge in [-0.05, 0) is 25.5 Å². The highest BCUT2D eigenvalue weighted by atomic mass is 14.7. The molecule has 1 atom stereocenters. The van der Waals surface area contributed by atoms with Gasteiger partial charge < -0.3 is 5.73 Å². The number of pyridine rings is 1. The fourth-order valence-electron chi connectivity index (χ4n) is 0.749. The number of rotatable bonds is 1. The van der Waals surface area contributed by atoms with E-state index in [1.165, 1.54) is 0 Å². The first-order valence-electron chi connectivity index (χ1n) is 3.38. The summed E-state index contributed by atoms with van der Waals surface area (Å²) in [5.41, 5.74) is 7.74. The van der Waals surface area contributed by atoms with E-state index in [-0.39, 0.29) is 6.04 Å². The van der Waals surface area contributed by atoms with Gasteiger partial charge >= 0.3 is 0 Å². The zero-order chi connectivity index (χ0) is 7.56. The standard InChI is InChI=1S/C8H12N2/c1-6-3-4-8(5-10-6)7(2)9/h3-5,7H,9H2,1-2H3. The molecule has 0 spiro atoms. The molecule has 2 N–H and O–H groups in total. The summed E-state index contributed by atoms with van der Waals surface area (Å²) in [5, 5.41) is 0. The number of nitrogens with two attached hydrogens (primary N) is 1. The molecule has 10 heavy (non-hydrogen) atoms. The Kier molecular flexibility index (Phi) is 2.02. The molecule has 0 saturated heterocycles. The van der Waals surface area contributed by atoms with E-state index >= 15 is 0 Å².